The van der Waals surface area contributed by atoms with Gasteiger partial charge in [0.05, 0.1) is 4.90 Å². The standard InChI is InChI=1S/C18H22N2O3S/c1-19(2)24(22,23)16-6-5-14-10-20(11-15(14)9-16)18(21)17-8-12-3-4-13(17)7-12/h3-6,9,12-13,17H,7-8,10-11H2,1-2H3/t12-,13-,17-/m0/s1. The van der Waals surface area contributed by atoms with Crippen molar-refractivity contribution < 1.29 is 13.2 Å². The Morgan fingerprint density at radius 3 is 2.50 bits per heavy atom. The second-order valence-corrected chi connectivity index (χ2v) is 9.45. The summed E-state index contributed by atoms with van der Waals surface area (Å²) < 4.78 is 25.8. The predicted molar refractivity (Wildman–Crippen MR) is 90.4 cm³/mol. The fourth-order valence-corrected chi connectivity index (χ4v) is 5.15. The molecule has 2 aliphatic carbocycles. The normalized spacial score (nSPS) is 28.0. The molecule has 128 valence electrons. The van der Waals surface area contributed by atoms with Crippen molar-refractivity contribution in [3.05, 3.63) is 41.5 Å². The zero-order chi connectivity index (χ0) is 17.1. The summed E-state index contributed by atoms with van der Waals surface area (Å²) in [5.41, 5.74) is 2.00. The fourth-order valence-electron chi connectivity index (χ4n) is 4.20. The van der Waals surface area contributed by atoms with Gasteiger partial charge in [0.1, 0.15) is 0 Å². The van der Waals surface area contributed by atoms with E-state index in [-0.39, 0.29) is 11.8 Å². The average molecular weight is 346 g/mol. The van der Waals surface area contributed by atoms with Gasteiger partial charge in [0.25, 0.3) is 0 Å². The third-order valence-electron chi connectivity index (χ3n) is 5.59. The minimum absolute atomic E-state index is 0.110. The Balaban J connectivity index is 1.54. The van der Waals surface area contributed by atoms with Crippen LogP contribution in [-0.2, 0) is 27.9 Å². The molecule has 0 saturated heterocycles. The number of carbonyl (C=O) groups excluding carboxylic acids is 1. The van der Waals surface area contributed by atoms with Gasteiger partial charge in [-0.2, -0.15) is 0 Å². The number of benzene rings is 1. The Kier molecular flexibility index (Phi) is 3.58. The molecule has 4 rings (SSSR count). The average Bonchev–Trinajstić information content (AvgIpc) is 3.27. The molecule has 0 spiro atoms. The van der Waals surface area contributed by atoms with Crippen LogP contribution in [0.5, 0.6) is 0 Å². The zero-order valence-electron chi connectivity index (χ0n) is 14.0. The number of allylic oxidation sites excluding steroid dienone is 2. The van der Waals surface area contributed by atoms with Crippen LogP contribution in [0.25, 0.3) is 0 Å². The number of amides is 1. The molecule has 1 saturated carbocycles. The van der Waals surface area contributed by atoms with Crippen molar-refractivity contribution in [2.75, 3.05) is 14.1 Å². The van der Waals surface area contributed by atoms with Gasteiger partial charge in [-0.3, -0.25) is 4.79 Å². The Labute approximate surface area is 143 Å². The number of hydrogen-bond acceptors (Lipinski definition) is 3. The first-order valence-corrected chi connectivity index (χ1v) is 9.81. The molecule has 0 unspecified atom stereocenters. The van der Waals surface area contributed by atoms with E-state index in [4.69, 9.17) is 0 Å². The quantitative estimate of drug-likeness (QED) is 0.787. The molecule has 6 heteroatoms. The summed E-state index contributed by atoms with van der Waals surface area (Å²) in [5.74, 6) is 1.31. The van der Waals surface area contributed by atoms with Crippen molar-refractivity contribution in [1.82, 2.24) is 9.21 Å². The molecule has 5 nitrogen and oxygen atoms in total. The van der Waals surface area contributed by atoms with Crippen LogP contribution < -0.4 is 0 Å². The van der Waals surface area contributed by atoms with Gasteiger partial charge in [-0.05, 0) is 47.9 Å². The lowest BCUT2D eigenvalue weighted by Gasteiger charge is -2.24. The van der Waals surface area contributed by atoms with E-state index in [1.54, 1.807) is 12.1 Å². The molecule has 3 atom stereocenters. The van der Waals surface area contributed by atoms with Crippen LogP contribution >= 0.6 is 0 Å². The molecule has 1 aromatic rings. The van der Waals surface area contributed by atoms with Crippen molar-refractivity contribution >= 4 is 15.9 Å². The highest BCUT2D eigenvalue weighted by molar-refractivity contribution is 7.89. The molecule has 2 bridgehead atoms. The zero-order valence-corrected chi connectivity index (χ0v) is 14.8. The highest BCUT2D eigenvalue weighted by atomic mass is 32.2. The van der Waals surface area contributed by atoms with Crippen LogP contribution in [0.1, 0.15) is 24.0 Å². The highest BCUT2D eigenvalue weighted by Crippen LogP contribution is 2.45. The summed E-state index contributed by atoms with van der Waals surface area (Å²) >= 11 is 0. The molecule has 0 N–H and O–H groups in total. The Morgan fingerprint density at radius 2 is 1.88 bits per heavy atom. The molecule has 1 aromatic carbocycles. The van der Waals surface area contributed by atoms with Crippen LogP contribution in [0, 0.1) is 17.8 Å². The Bertz CT molecular complexity index is 829. The van der Waals surface area contributed by atoms with Crippen LogP contribution in [0.4, 0.5) is 0 Å². The third kappa shape index (κ3) is 2.40. The molecule has 3 aliphatic rings. The van der Waals surface area contributed by atoms with Gasteiger partial charge in [0, 0.05) is 33.1 Å². The lowest BCUT2D eigenvalue weighted by Crippen LogP contribution is -2.33. The molecule has 24 heavy (non-hydrogen) atoms. The lowest BCUT2D eigenvalue weighted by molar-refractivity contribution is -0.137. The molecule has 1 fully saturated rings. The summed E-state index contributed by atoms with van der Waals surface area (Å²) in [6.07, 6.45) is 6.52. The van der Waals surface area contributed by atoms with Gasteiger partial charge < -0.3 is 4.90 Å². The second-order valence-electron chi connectivity index (χ2n) is 7.30. The number of nitrogens with zero attached hydrogens (tertiary/aromatic N) is 2. The largest absolute Gasteiger partial charge is 0.334 e. The monoisotopic (exact) mass is 346 g/mol. The van der Waals surface area contributed by atoms with Crippen LogP contribution in [-0.4, -0.2) is 37.6 Å². The van der Waals surface area contributed by atoms with E-state index in [1.165, 1.54) is 18.4 Å². The maximum absolute atomic E-state index is 12.9. The second kappa shape index (κ2) is 5.43. The third-order valence-corrected chi connectivity index (χ3v) is 7.40. The van der Waals surface area contributed by atoms with E-state index < -0.39 is 10.0 Å². The van der Waals surface area contributed by atoms with Crippen molar-refractivity contribution in [3.8, 4) is 0 Å². The Hall–Kier alpha value is -1.66. The van der Waals surface area contributed by atoms with Crippen molar-refractivity contribution in [1.29, 1.82) is 0 Å². The predicted octanol–water partition coefficient (Wildman–Crippen LogP) is 1.99. The van der Waals surface area contributed by atoms with Gasteiger partial charge in [-0.25, -0.2) is 12.7 Å². The highest BCUT2D eigenvalue weighted by Gasteiger charge is 2.42. The minimum Gasteiger partial charge on any atom is -0.334 e. The van der Waals surface area contributed by atoms with Crippen LogP contribution in [0.2, 0.25) is 0 Å². The van der Waals surface area contributed by atoms with Gasteiger partial charge in [0.2, 0.25) is 15.9 Å². The molecule has 0 aromatic heterocycles. The number of fused-ring (bicyclic) bond motifs is 3. The summed E-state index contributed by atoms with van der Waals surface area (Å²) in [5, 5.41) is 0. The number of carbonyl (C=O) groups is 1. The van der Waals surface area contributed by atoms with Gasteiger partial charge >= 0.3 is 0 Å². The fraction of sp³-hybridized carbons (Fsp3) is 0.500. The first-order chi connectivity index (χ1) is 11.4. The number of sulfonamides is 1. The van der Waals surface area contributed by atoms with Gasteiger partial charge in [-0.1, -0.05) is 18.2 Å². The Morgan fingerprint density at radius 1 is 1.12 bits per heavy atom. The maximum Gasteiger partial charge on any atom is 0.242 e. The van der Waals surface area contributed by atoms with Gasteiger partial charge in [-0.15, -0.1) is 0 Å². The summed E-state index contributed by atoms with van der Waals surface area (Å²) in [6.45, 7) is 1.11. The summed E-state index contributed by atoms with van der Waals surface area (Å²) in [6, 6.07) is 5.21. The first kappa shape index (κ1) is 15.8. The SMILES string of the molecule is CN(C)S(=O)(=O)c1ccc2c(c1)CN(C(=O)[C@H]1C[C@H]3C=C[C@H]1C3)C2. The van der Waals surface area contributed by atoms with Crippen molar-refractivity contribution in [3.63, 3.8) is 0 Å². The van der Waals surface area contributed by atoms with E-state index >= 15 is 0 Å². The molecule has 1 amide bonds. The molecular formula is C18H22N2O3S. The van der Waals surface area contributed by atoms with E-state index in [0.717, 1.165) is 24.0 Å². The number of rotatable bonds is 3. The van der Waals surface area contributed by atoms with Gasteiger partial charge in [0.15, 0.2) is 0 Å². The molecule has 1 heterocycles. The topological polar surface area (TPSA) is 57.7 Å². The summed E-state index contributed by atoms with van der Waals surface area (Å²) in [4.78, 5) is 15.0. The van der Waals surface area contributed by atoms with Crippen LogP contribution in [0.15, 0.2) is 35.2 Å². The van der Waals surface area contributed by atoms with E-state index in [1.807, 2.05) is 11.0 Å². The van der Waals surface area contributed by atoms with E-state index in [2.05, 4.69) is 12.2 Å². The van der Waals surface area contributed by atoms with Crippen molar-refractivity contribution in [2.45, 2.75) is 30.8 Å². The maximum atomic E-state index is 12.9. The smallest absolute Gasteiger partial charge is 0.242 e. The molecule has 1 aliphatic heterocycles. The van der Waals surface area contributed by atoms with Crippen molar-refractivity contribution in [2.24, 2.45) is 17.8 Å². The lowest BCUT2D eigenvalue weighted by atomic mass is 9.92. The first-order valence-electron chi connectivity index (χ1n) is 8.37. The van der Waals surface area contributed by atoms with E-state index in [0.29, 0.717) is 29.8 Å². The number of hydrogen-bond donors (Lipinski definition) is 0. The molecule has 0 radical (unpaired) electrons. The van der Waals surface area contributed by atoms with E-state index in [9.17, 15) is 13.2 Å². The minimum atomic E-state index is -3.44. The summed E-state index contributed by atoms with van der Waals surface area (Å²) in [7, 11) is -0.380. The molecular weight excluding hydrogens is 324 g/mol. The van der Waals surface area contributed by atoms with Crippen LogP contribution in [0.3, 0.4) is 0 Å².